The first-order chi connectivity index (χ1) is 11.1. The Hall–Kier alpha value is -3.31. The Morgan fingerprint density at radius 2 is 2.17 bits per heavy atom. The molecule has 0 aromatic rings. The summed E-state index contributed by atoms with van der Waals surface area (Å²) in [5, 5.41) is 22.5. The normalized spacial score (nSPS) is 21.3. The topological polar surface area (TPSA) is 175 Å². The predicted molar refractivity (Wildman–Crippen MR) is 82.0 cm³/mol. The van der Waals surface area contributed by atoms with E-state index in [9.17, 15) is 24.5 Å². The molecule has 1 heterocycles. The lowest BCUT2D eigenvalue weighted by molar-refractivity contribution is -0.631. The lowest BCUT2D eigenvalue weighted by Gasteiger charge is -2.36. The van der Waals surface area contributed by atoms with E-state index in [1.54, 1.807) is 0 Å². The summed E-state index contributed by atoms with van der Waals surface area (Å²) in [5.74, 6) is -2.56. The van der Waals surface area contributed by atoms with Crippen LogP contribution in [0.3, 0.4) is 0 Å². The number of carbonyl (C=O) groups is 3. The summed E-state index contributed by atoms with van der Waals surface area (Å²) in [6, 6.07) is -0.866. The molecule has 1 atom stereocenters. The third-order valence-corrected chi connectivity index (χ3v) is 3.36. The van der Waals surface area contributed by atoms with Crippen LogP contribution in [0.2, 0.25) is 0 Å². The average Bonchev–Trinajstić information content (AvgIpc) is 2.48. The highest BCUT2D eigenvalue weighted by Crippen LogP contribution is 2.33. The van der Waals surface area contributed by atoms with Crippen LogP contribution in [0.1, 0.15) is 19.8 Å². The quantitative estimate of drug-likeness (QED) is 0.145. The van der Waals surface area contributed by atoms with Crippen LogP contribution in [0.5, 0.6) is 0 Å². The SMILES string of the molecule is C=CCC1(C/C(C)=N/N(C(=N)N)[N+](=O)[O-])C(=O)NC(=O)N(C)C1=O. The van der Waals surface area contributed by atoms with Gasteiger partial charge < -0.3 is 15.8 Å². The highest BCUT2D eigenvalue weighted by molar-refractivity contribution is 6.20. The van der Waals surface area contributed by atoms with E-state index in [4.69, 9.17) is 11.1 Å². The van der Waals surface area contributed by atoms with Crippen LogP contribution < -0.4 is 11.1 Å². The summed E-state index contributed by atoms with van der Waals surface area (Å²) in [6.45, 7) is 4.82. The number of hydrazone groups is 1. The van der Waals surface area contributed by atoms with Gasteiger partial charge in [0.2, 0.25) is 11.8 Å². The fourth-order valence-electron chi connectivity index (χ4n) is 2.28. The first-order valence-electron chi connectivity index (χ1n) is 6.63. The van der Waals surface area contributed by atoms with Crippen LogP contribution in [0.4, 0.5) is 4.79 Å². The molecule has 1 saturated heterocycles. The van der Waals surface area contributed by atoms with Gasteiger partial charge in [-0.15, -0.1) is 6.58 Å². The number of guanidine groups is 1. The van der Waals surface area contributed by atoms with Gasteiger partial charge in [0.1, 0.15) is 5.41 Å². The number of carbonyl (C=O) groups excluding carboxylic acids is 3. The lowest BCUT2D eigenvalue weighted by atomic mass is 9.76. The zero-order chi connectivity index (χ0) is 18.7. The number of nitrogens with two attached hydrogens (primary N) is 1. The number of nitrogens with zero attached hydrogens (tertiary/aromatic N) is 4. The van der Waals surface area contributed by atoms with Gasteiger partial charge in [-0.3, -0.25) is 25.2 Å². The summed E-state index contributed by atoms with van der Waals surface area (Å²) in [5.41, 5.74) is 3.33. The largest absolute Gasteiger partial charge is 0.363 e. The Morgan fingerprint density at radius 1 is 1.58 bits per heavy atom. The maximum Gasteiger partial charge on any atom is 0.330 e. The van der Waals surface area contributed by atoms with E-state index in [1.807, 2.05) is 5.32 Å². The van der Waals surface area contributed by atoms with Crippen molar-refractivity contribution in [2.24, 2.45) is 16.3 Å². The molecule has 0 saturated carbocycles. The van der Waals surface area contributed by atoms with Gasteiger partial charge in [0.25, 0.3) is 5.96 Å². The first kappa shape index (κ1) is 18.7. The fraction of sp³-hybridized carbons (Fsp3) is 0.417. The number of amides is 4. The number of barbiturate groups is 1. The molecule has 0 aromatic heterocycles. The van der Waals surface area contributed by atoms with Crippen LogP contribution in [0.15, 0.2) is 17.8 Å². The second-order valence-electron chi connectivity index (χ2n) is 5.12. The molecule has 0 spiro atoms. The molecule has 0 aromatic carbocycles. The monoisotopic (exact) mass is 339 g/mol. The first-order valence-corrected chi connectivity index (χ1v) is 6.63. The van der Waals surface area contributed by atoms with Gasteiger partial charge in [0, 0.05) is 25.5 Å². The Bertz CT molecular complexity index is 644. The van der Waals surface area contributed by atoms with E-state index in [0.29, 0.717) is 0 Å². The van der Waals surface area contributed by atoms with Crippen molar-refractivity contribution in [2.75, 3.05) is 7.05 Å². The highest BCUT2D eigenvalue weighted by atomic mass is 16.7. The van der Waals surface area contributed by atoms with Gasteiger partial charge in [-0.1, -0.05) is 6.08 Å². The second-order valence-corrected chi connectivity index (χ2v) is 5.12. The number of nitrogens with one attached hydrogen (secondary N) is 2. The van der Waals surface area contributed by atoms with Crippen molar-refractivity contribution in [3.8, 4) is 0 Å². The van der Waals surface area contributed by atoms with Crippen molar-refractivity contribution >= 4 is 29.5 Å². The van der Waals surface area contributed by atoms with Crippen LogP contribution in [0, 0.1) is 20.9 Å². The van der Waals surface area contributed by atoms with E-state index >= 15 is 0 Å². The summed E-state index contributed by atoms with van der Waals surface area (Å²) >= 11 is 0. The number of allylic oxidation sites excluding steroid dienone is 1. The highest BCUT2D eigenvalue weighted by Gasteiger charge is 2.53. The predicted octanol–water partition coefficient (Wildman–Crippen LogP) is -0.590. The average molecular weight is 339 g/mol. The molecular weight excluding hydrogens is 322 g/mol. The standard InChI is InChI=1S/C12H17N7O5/c1-4-5-12(8(20)15-11(22)17(3)9(12)21)6-7(2)16-18(10(13)14)19(23)24/h4H,1,5-6H2,2-3H3,(H3,13,14)(H,15,20,22)/b16-7+. The van der Waals surface area contributed by atoms with Gasteiger partial charge in [-0.05, 0) is 6.42 Å². The van der Waals surface area contributed by atoms with Crippen molar-refractivity contribution < 1.29 is 19.4 Å². The van der Waals surface area contributed by atoms with E-state index < -0.39 is 34.3 Å². The van der Waals surface area contributed by atoms with Gasteiger partial charge in [-0.2, -0.15) is 0 Å². The molecule has 24 heavy (non-hydrogen) atoms. The fourth-order valence-corrected chi connectivity index (χ4v) is 2.28. The molecule has 12 heteroatoms. The number of nitro groups is 1. The molecule has 0 aliphatic carbocycles. The van der Waals surface area contributed by atoms with E-state index in [1.165, 1.54) is 20.0 Å². The minimum atomic E-state index is -1.71. The zero-order valence-corrected chi connectivity index (χ0v) is 13.1. The molecule has 1 aliphatic heterocycles. The van der Waals surface area contributed by atoms with Crippen LogP contribution >= 0.6 is 0 Å². The molecule has 1 aliphatic rings. The third kappa shape index (κ3) is 3.37. The van der Waals surface area contributed by atoms with Gasteiger partial charge in [0.05, 0.1) is 10.2 Å². The Labute approximate surface area is 136 Å². The molecule has 130 valence electrons. The van der Waals surface area contributed by atoms with Crippen LogP contribution in [-0.4, -0.2) is 51.6 Å². The minimum Gasteiger partial charge on any atom is -0.363 e. The molecule has 1 unspecified atom stereocenters. The van der Waals surface area contributed by atoms with Gasteiger partial charge in [-0.25, -0.2) is 4.79 Å². The second kappa shape index (κ2) is 6.85. The molecule has 0 bridgehead atoms. The summed E-state index contributed by atoms with van der Waals surface area (Å²) in [4.78, 5) is 47.8. The smallest absolute Gasteiger partial charge is 0.330 e. The Morgan fingerprint density at radius 3 is 2.62 bits per heavy atom. The van der Waals surface area contributed by atoms with Crippen molar-refractivity contribution in [3.05, 3.63) is 22.8 Å². The molecule has 0 radical (unpaired) electrons. The number of rotatable bonds is 6. The Balaban J connectivity index is 3.25. The van der Waals surface area contributed by atoms with Crippen LogP contribution in [0.25, 0.3) is 0 Å². The van der Waals surface area contributed by atoms with Gasteiger partial charge >= 0.3 is 6.03 Å². The molecule has 1 fully saturated rings. The van der Waals surface area contributed by atoms with E-state index in [2.05, 4.69) is 11.7 Å². The third-order valence-electron chi connectivity index (χ3n) is 3.36. The number of urea groups is 1. The number of imide groups is 2. The van der Waals surface area contributed by atoms with Crippen molar-refractivity contribution in [2.45, 2.75) is 19.8 Å². The molecular formula is C12H17N7O5. The van der Waals surface area contributed by atoms with Crippen molar-refractivity contribution in [1.29, 1.82) is 5.41 Å². The summed E-state index contributed by atoms with van der Waals surface area (Å²) in [7, 11) is 1.20. The number of hydrazine groups is 1. The number of hydrogen-bond acceptors (Lipinski definition) is 7. The van der Waals surface area contributed by atoms with E-state index in [-0.39, 0.29) is 23.7 Å². The van der Waals surface area contributed by atoms with E-state index in [0.717, 1.165) is 4.90 Å². The maximum atomic E-state index is 12.5. The lowest BCUT2D eigenvalue weighted by Crippen LogP contribution is -2.63. The van der Waals surface area contributed by atoms with Gasteiger partial charge in [0.15, 0.2) is 5.71 Å². The minimum absolute atomic E-state index is 0.00463. The van der Waals surface area contributed by atoms with Crippen LogP contribution in [-0.2, 0) is 9.59 Å². The zero-order valence-electron chi connectivity index (χ0n) is 13.1. The Kier molecular flexibility index (Phi) is 5.35. The van der Waals surface area contributed by atoms with Crippen molar-refractivity contribution in [3.63, 3.8) is 0 Å². The molecule has 12 nitrogen and oxygen atoms in total. The van der Waals surface area contributed by atoms with Crippen molar-refractivity contribution in [1.82, 2.24) is 15.3 Å². The maximum absolute atomic E-state index is 12.5. The molecule has 1 rings (SSSR count). The molecule has 4 amide bonds. The number of hydrogen-bond donors (Lipinski definition) is 3. The summed E-state index contributed by atoms with van der Waals surface area (Å²) in [6.07, 6.45) is 0.893. The molecule has 4 N–H and O–H groups in total. The summed E-state index contributed by atoms with van der Waals surface area (Å²) < 4.78 is 0.